The fourth-order valence-electron chi connectivity index (χ4n) is 4.15. The van der Waals surface area contributed by atoms with Gasteiger partial charge in [0.05, 0.1) is 61.9 Å². The van der Waals surface area contributed by atoms with Gasteiger partial charge in [-0.1, -0.05) is 0 Å². The maximum Gasteiger partial charge on any atom is 0.251 e. The molecule has 2 atom stereocenters. The Balaban J connectivity index is 1.24. The summed E-state index contributed by atoms with van der Waals surface area (Å²) in [6.07, 6.45) is 3.15. The normalized spacial score (nSPS) is 20.7. The van der Waals surface area contributed by atoms with Gasteiger partial charge in [0.1, 0.15) is 11.5 Å². The third-order valence-electron chi connectivity index (χ3n) is 5.86. The van der Waals surface area contributed by atoms with Crippen LogP contribution in [0.25, 0.3) is 0 Å². The van der Waals surface area contributed by atoms with E-state index in [0.29, 0.717) is 36.0 Å². The lowest BCUT2D eigenvalue weighted by Crippen LogP contribution is -2.39. The standard InChI is InChI=1S/C24H22N4O6/c29-21-11-19(25-13-17-3-1-9-33-17)23(31)27(21)15-5-7-16(8-6-15)28-22(30)12-20(24(28)32)26-14-18-4-2-10-34-18/h1-10,19-20,25-26H,11-14H2/t19-,20-/m1/s1. The molecule has 2 saturated heterocycles. The van der Waals surface area contributed by atoms with Crippen molar-refractivity contribution in [1.29, 1.82) is 0 Å². The molecular weight excluding hydrogens is 440 g/mol. The first-order valence-corrected chi connectivity index (χ1v) is 10.9. The van der Waals surface area contributed by atoms with E-state index in [2.05, 4.69) is 10.6 Å². The van der Waals surface area contributed by atoms with Gasteiger partial charge in [-0.15, -0.1) is 0 Å². The zero-order valence-corrected chi connectivity index (χ0v) is 18.1. The number of amides is 4. The SMILES string of the molecule is O=C1C[C@@H](NCc2ccco2)C(=O)N1c1ccc(N2C(=O)C[C@@H](NCc3ccco3)C2=O)cc1. The lowest BCUT2D eigenvalue weighted by Gasteiger charge is -2.18. The second-order valence-corrected chi connectivity index (χ2v) is 8.09. The van der Waals surface area contributed by atoms with Crippen molar-refractivity contribution in [3.8, 4) is 0 Å². The van der Waals surface area contributed by atoms with Gasteiger partial charge in [0, 0.05) is 0 Å². The van der Waals surface area contributed by atoms with Gasteiger partial charge in [-0.2, -0.15) is 0 Å². The van der Waals surface area contributed by atoms with Crippen LogP contribution in [0.15, 0.2) is 69.9 Å². The third-order valence-corrected chi connectivity index (χ3v) is 5.86. The topological polar surface area (TPSA) is 125 Å². The van der Waals surface area contributed by atoms with Crippen molar-refractivity contribution in [2.45, 2.75) is 38.0 Å². The number of hydrogen-bond donors (Lipinski definition) is 2. The van der Waals surface area contributed by atoms with Crippen molar-refractivity contribution in [1.82, 2.24) is 10.6 Å². The predicted octanol–water partition coefficient (Wildman–Crippen LogP) is 1.72. The second kappa shape index (κ2) is 9.08. The molecule has 2 aliphatic rings. The highest BCUT2D eigenvalue weighted by Gasteiger charge is 2.41. The van der Waals surface area contributed by atoms with Crippen LogP contribution in [-0.2, 0) is 32.3 Å². The number of carbonyl (C=O) groups is 4. The van der Waals surface area contributed by atoms with E-state index >= 15 is 0 Å². The van der Waals surface area contributed by atoms with Crippen LogP contribution >= 0.6 is 0 Å². The first kappa shape index (κ1) is 21.8. The number of benzene rings is 1. The summed E-state index contributed by atoms with van der Waals surface area (Å²) < 4.78 is 10.5. The van der Waals surface area contributed by atoms with E-state index in [1.165, 1.54) is 0 Å². The quantitative estimate of drug-likeness (QED) is 0.485. The van der Waals surface area contributed by atoms with Crippen LogP contribution in [0.3, 0.4) is 0 Å². The average molecular weight is 462 g/mol. The zero-order valence-electron chi connectivity index (χ0n) is 18.1. The van der Waals surface area contributed by atoms with Crippen LogP contribution in [0.1, 0.15) is 24.4 Å². The van der Waals surface area contributed by atoms with Gasteiger partial charge in [-0.3, -0.25) is 29.8 Å². The molecule has 0 aliphatic carbocycles. The maximum absolute atomic E-state index is 12.8. The Morgan fingerprint density at radius 2 is 1.09 bits per heavy atom. The second-order valence-electron chi connectivity index (χ2n) is 8.09. The van der Waals surface area contributed by atoms with Gasteiger partial charge >= 0.3 is 0 Å². The molecule has 0 unspecified atom stereocenters. The van der Waals surface area contributed by atoms with Gasteiger partial charge in [-0.05, 0) is 48.5 Å². The molecule has 1 aromatic carbocycles. The molecular formula is C24H22N4O6. The summed E-state index contributed by atoms with van der Waals surface area (Å²) >= 11 is 0. The van der Waals surface area contributed by atoms with Gasteiger partial charge in [0.25, 0.3) is 11.8 Å². The maximum atomic E-state index is 12.8. The van der Waals surface area contributed by atoms with E-state index in [1.54, 1.807) is 61.1 Å². The number of nitrogens with one attached hydrogen (secondary N) is 2. The van der Waals surface area contributed by atoms with E-state index in [-0.39, 0.29) is 36.5 Å². The minimum Gasteiger partial charge on any atom is -0.468 e. The lowest BCUT2D eigenvalue weighted by atomic mass is 10.2. The Hall–Kier alpha value is -4.02. The number of imide groups is 2. The summed E-state index contributed by atoms with van der Waals surface area (Å²) in [7, 11) is 0. The van der Waals surface area contributed by atoms with Crippen LogP contribution in [0, 0.1) is 0 Å². The Bertz CT molecular complexity index is 1110. The average Bonchev–Trinajstić information content (AvgIpc) is 3.61. The third kappa shape index (κ3) is 4.16. The summed E-state index contributed by atoms with van der Waals surface area (Å²) in [4.78, 5) is 52.9. The van der Waals surface area contributed by atoms with Crippen LogP contribution < -0.4 is 20.4 Å². The molecule has 4 heterocycles. The fourth-order valence-corrected chi connectivity index (χ4v) is 4.15. The number of nitrogens with zero attached hydrogens (tertiary/aromatic N) is 2. The molecule has 0 radical (unpaired) electrons. The molecule has 5 rings (SSSR count). The van der Waals surface area contributed by atoms with E-state index < -0.39 is 12.1 Å². The zero-order chi connectivity index (χ0) is 23.7. The van der Waals surface area contributed by atoms with Crippen LogP contribution in [-0.4, -0.2) is 35.7 Å². The minimum absolute atomic E-state index is 0.0351. The minimum atomic E-state index is -0.653. The monoisotopic (exact) mass is 462 g/mol. The molecule has 0 spiro atoms. The molecule has 10 nitrogen and oxygen atoms in total. The Morgan fingerprint density at radius 3 is 1.44 bits per heavy atom. The van der Waals surface area contributed by atoms with Crippen molar-refractivity contribution < 1.29 is 28.0 Å². The van der Waals surface area contributed by atoms with Gasteiger partial charge < -0.3 is 8.83 Å². The largest absolute Gasteiger partial charge is 0.468 e. The first-order valence-electron chi connectivity index (χ1n) is 10.9. The van der Waals surface area contributed by atoms with Crippen molar-refractivity contribution in [2.24, 2.45) is 0 Å². The van der Waals surface area contributed by atoms with Gasteiger partial charge in [0.15, 0.2) is 0 Å². The summed E-state index contributed by atoms with van der Waals surface area (Å²) in [6, 6.07) is 12.0. The molecule has 2 N–H and O–H groups in total. The predicted molar refractivity (Wildman–Crippen MR) is 119 cm³/mol. The van der Waals surface area contributed by atoms with Crippen molar-refractivity contribution >= 4 is 35.0 Å². The Kier molecular flexibility index (Phi) is 5.83. The molecule has 174 valence electrons. The summed E-state index contributed by atoms with van der Waals surface area (Å²) in [5, 5.41) is 6.08. The number of furan rings is 2. The summed E-state index contributed by atoms with van der Waals surface area (Å²) in [5.74, 6) is -0.0463. The number of carbonyl (C=O) groups excluding carboxylic acids is 4. The summed E-state index contributed by atoms with van der Waals surface area (Å²) in [6.45, 7) is 0.662. The van der Waals surface area contributed by atoms with E-state index in [0.717, 1.165) is 9.80 Å². The first-order chi connectivity index (χ1) is 16.5. The Labute approximate surface area is 194 Å². The van der Waals surface area contributed by atoms with E-state index in [4.69, 9.17) is 8.83 Å². The van der Waals surface area contributed by atoms with Crippen LogP contribution in [0.2, 0.25) is 0 Å². The van der Waals surface area contributed by atoms with Crippen molar-refractivity contribution in [3.63, 3.8) is 0 Å². The van der Waals surface area contributed by atoms with Crippen molar-refractivity contribution in [3.05, 3.63) is 72.6 Å². The molecule has 34 heavy (non-hydrogen) atoms. The molecule has 0 saturated carbocycles. The highest BCUT2D eigenvalue weighted by atomic mass is 16.3. The molecule has 2 aromatic heterocycles. The van der Waals surface area contributed by atoms with E-state index in [1.807, 2.05) is 0 Å². The van der Waals surface area contributed by atoms with Crippen LogP contribution in [0.4, 0.5) is 11.4 Å². The molecule has 10 heteroatoms. The highest BCUT2D eigenvalue weighted by molar-refractivity contribution is 6.24. The van der Waals surface area contributed by atoms with Gasteiger partial charge in [-0.25, -0.2) is 9.80 Å². The molecule has 3 aromatic rings. The van der Waals surface area contributed by atoms with Gasteiger partial charge in [0.2, 0.25) is 11.8 Å². The lowest BCUT2D eigenvalue weighted by molar-refractivity contribution is -0.123. The number of anilines is 2. The molecule has 0 bridgehead atoms. The van der Waals surface area contributed by atoms with Crippen molar-refractivity contribution in [2.75, 3.05) is 9.80 Å². The van der Waals surface area contributed by atoms with E-state index in [9.17, 15) is 19.2 Å². The van der Waals surface area contributed by atoms with Crippen LogP contribution in [0.5, 0.6) is 0 Å². The molecule has 4 amide bonds. The fraction of sp³-hybridized carbons (Fsp3) is 0.250. The molecule has 2 aliphatic heterocycles. The Morgan fingerprint density at radius 1 is 0.676 bits per heavy atom. The number of hydrogen-bond acceptors (Lipinski definition) is 8. The molecule has 2 fully saturated rings. The summed E-state index contributed by atoms with van der Waals surface area (Å²) in [5.41, 5.74) is 0.764. The highest BCUT2D eigenvalue weighted by Crippen LogP contribution is 2.28. The number of rotatable bonds is 8. The smallest absolute Gasteiger partial charge is 0.251 e.